The highest BCUT2D eigenvalue weighted by molar-refractivity contribution is 5.95. The van der Waals surface area contributed by atoms with Gasteiger partial charge in [0, 0.05) is 0 Å². The molecule has 0 unspecified atom stereocenters. The van der Waals surface area contributed by atoms with Crippen molar-refractivity contribution in [3.8, 4) is 0 Å². The Kier molecular flexibility index (Phi) is 5.66. The number of hydrogen-bond acceptors (Lipinski definition) is 0. The summed E-state index contributed by atoms with van der Waals surface area (Å²) >= 11 is 0. The molecule has 0 fully saturated rings. The zero-order chi connectivity index (χ0) is 18.4. The number of fused-ring (bicyclic) bond motifs is 1. The Morgan fingerprint density at radius 1 is 0.885 bits per heavy atom. The summed E-state index contributed by atoms with van der Waals surface area (Å²) in [6, 6.07) is 23.7. The Morgan fingerprint density at radius 3 is 2.35 bits per heavy atom. The Bertz CT molecular complexity index is 999. The van der Waals surface area contributed by atoms with Gasteiger partial charge < -0.3 is 0 Å². The Balaban J connectivity index is 2.14. The molecule has 26 heavy (non-hydrogen) atoms. The van der Waals surface area contributed by atoms with Crippen molar-refractivity contribution in [1.82, 2.24) is 0 Å². The molecule has 0 aliphatic rings. The summed E-state index contributed by atoms with van der Waals surface area (Å²) in [5.41, 5.74) is 5.94. The van der Waals surface area contributed by atoms with Crippen LogP contribution in [0.15, 0.2) is 103 Å². The van der Waals surface area contributed by atoms with Gasteiger partial charge in [-0.25, -0.2) is 0 Å². The van der Waals surface area contributed by atoms with Crippen molar-refractivity contribution in [2.75, 3.05) is 0 Å². The maximum atomic E-state index is 4.02. The molecule has 0 heteroatoms. The molecule has 3 aromatic rings. The van der Waals surface area contributed by atoms with E-state index in [1.807, 2.05) is 25.1 Å². The van der Waals surface area contributed by atoms with Crippen molar-refractivity contribution < 1.29 is 0 Å². The SMILES string of the molecule is C=CC(=C\C=C/C)/C(=C/c1ccc2cc(C)ccc2c1)c1ccccc1. The van der Waals surface area contributed by atoms with Gasteiger partial charge in [-0.05, 0) is 59.0 Å². The van der Waals surface area contributed by atoms with Gasteiger partial charge in [0.15, 0.2) is 0 Å². The Hall–Kier alpha value is -3.12. The van der Waals surface area contributed by atoms with Gasteiger partial charge in [-0.1, -0.05) is 97.1 Å². The molecule has 0 aromatic heterocycles. The summed E-state index contributed by atoms with van der Waals surface area (Å²) in [5.74, 6) is 0. The standard InChI is InChI=1S/C26H24/c1-4-6-10-22(5-2)26(23-11-8-7-9-12-23)19-21-14-16-24-17-20(3)13-15-25(24)18-21/h4-19H,2H2,1,3H3/b6-4-,22-10+,26-19-. The Labute approximate surface area is 156 Å². The molecule has 0 heterocycles. The van der Waals surface area contributed by atoms with Gasteiger partial charge in [0.05, 0.1) is 0 Å². The molecule has 0 saturated carbocycles. The minimum absolute atomic E-state index is 1.11. The van der Waals surface area contributed by atoms with E-state index in [2.05, 4.69) is 92.4 Å². The lowest BCUT2D eigenvalue weighted by Gasteiger charge is -2.10. The van der Waals surface area contributed by atoms with Crippen LogP contribution < -0.4 is 0 Å². The zero-order valence-corrected chi connectivity index (χ0v) is 15.4. The molecule has 0 radical (unpaired) electrons. The molecule has 128 valence electrons. The van der Waals surface area contributed by atoms with E-state index < -0.39 is 0 Å². The third-order valence-electron chi connectivity index (χ3n) is 4.41. The fourth-order valence-corrected chi connectivity index (χ4v) is 3.06. The summed E-state index contributed by atoms with van der Waals surface area (Å²) in [7, 11) is 0. The second kappa shape index (κ2) is 8.31. The van der Waals surface area contributed by atoms with E-state index in [1.54, 1.807) is 0 Å². The van der Waals surface area contributed by atoms with E-state index in [-0.39, 0.29) is 0 Å². The largest absolute Gasteiger partial charge is 0.0984 e. The molecule has 0 atom stereocenters. The van der Waals surface area contributed by atoms with E-state index in [0.717, 1.165) is 5.57 Å². The van der Waals surface area contributed by atoms with Gasteiger partial charge in [0.25, 0.3) is 0 Å². The summed E-state index contributed by atoms with van der Waals surface area (Å²) in [6.07, 6.45) is 10.4. The van der Waals surface area contributed by atoms with Crippen LogP contribution >= 0.6 is 0 Å². The van der Waals surface area contributed by atoms with Crippen LogP contribution in [0.3, 0.4) is 0 Å². The molecule has 0 N–H and O–H groups in total. The predicted octanol–water partition coefficient (Wildman–Crippen LogP) is 7.38. The van der Waals surface area contributed by atoms with E-state index in [4.69, 9.17) is 0 Å². The molecule has 0 aliphatic heterocycles. The maximum absolute atomic E-state index is 4.02. The first-order valence-corrected chi connectivity index (χ1v) is 8.94. The Morgan fingerprint density at radius 2 is 1.62 bits per heavy atom. The number of rotatable bonds is 5. The molecule has 0 aliphatic carbocycles. The molecular formula is C26H24. The molecule has 3 rings (SSSR count). The third kappa shape index (κ3) is 4.10. The van der Waals surface area contributed by atoms with E-state index >= 15 is 0 Å². The van der Waals surface area contributed by atoms with E-state index in [9.17, 15) is 0 Å². The quantitative estimate of drug-likeness (QED) is 0.337. The fraction of sp³-hybridized carbons (Fsp3) is 0.0769. The van der Waals surface area contributed by atoms with Crippen LogP contribution in [0.2, 0.25) is 0 Å². The van der Waals surface area contributed by atoms with Crippen LogP contribution in [-0.2, 0) is 0 Å². The van der Waals surface area contributed by atoms with Gasteiger partial charge in [-0.2, -0.15) is 0 Å². The van der Waals surface area contributed by atoms with Crippen molar-refractivity contribution in [2.45, 2.75) is 13.8 Å². The van der Waals surface area contributed by atoms with E-state index in [0.29, 0.717) is 0 Å². The molecule has 0 spiro atoms. The van der Waals surface area contributed by atoms with Crippen molar-refractivity contribution >= 4 is 22.4 Å². The van der Waals surface area contributed by atoms with Crippen LogP contribution in [-0.4, -0.2) is 0 Å². The third-order valence-corrected chi connectivity index (χ3v) is 4.41. The van der Waals surface area contributed by atoms with Crippen LogP contribution in [0.4, 0.5) is 0 Å². The van der Waals surface area contributed by atoms with Crippen LogP contribution in [0.25, 0.3) is 22.4 Å². The number of allylic oxidation sites excluding steroid dienone is 6. The highest BCUT2D eigenvalue weighted by atomic mass is 14.1. The monoisotopic (exact) mass is 336 g/mol. The summed E-state index contributed by atoms with van der Waals surface area (Å²) < 4.78 is 0. The average Bonchev–Trinajstić information content (AvgIpc) is 2.68. The molecule has 0 saturated heterocycles. The van der Waals surface area contributed by atoms with Crippen LogP contribution in [0.1, 0.15) is 23.6 Å². The van der Waals surface area contributed by atoms with Crippen molar-refractivity contribution in [1.29, 1.82) is 0 Å². The molecular weight excluding hydrogens is 312 g/mol. The second-order valence-electron chi connectivity index (χ2n) is 6.39. The number of aryl methyl sites for hydroxylation is 1. The van der Waals surface area contributed by atoms with Gasteiger partial charge in [0.1, 0.15) is 0 Å². The molecule has 3 aromatic carbocycles. The minimum atomic E-state index is 1.11. The first-order chi connectivity index (χ1) is 12.7. The van der Waals surface area contributed by atoms with Crippen molar-refractivity contribution in [3.05, 3.63) is 120 Å². The second-order valence-corrected chi connectivity index (χ2v) is 6.39. The number of benzene rings is 3. The smallest absolute Gasteiger partial charge is 0.0106 e. The molecule has 0 nitrogen and oxygen atoms in total. The topological polar surface area (TPSA) is 0 Å². The minimum Gasteiger partial charge on any atom is -0.0984 e. The first-order valence-electron chi connectivity index (χ1n) is 8.94. The fourth-order valence-electron chi connectivity index (χ4n) is 3.06. The van der Waals surface area contributed by atoms with Crippen LogP contribution in [0.5, 0.6) is 0 Å². The summed E-state index contributed by atoms with van der Waals surface area (Å²) in [4.78, 5) is 0. The normalized spacial score (nSPS) is 12.7. The molecule has 0 amide bonds. The lowest BCUT2D eigenvalue weighted by Crippen LogP contribution is -1.88. The van der Waals surface area contributed by atoms with Gasteiger partial charge in [-0.3, -0.25) is 0 Å². The maximum Gasteiger partial charge on any atom is -0.0106 e. The summed E-state index contributed by atoms with van der Waals surface area (Å²) in [5, 5.41) is 2.53. The van der Waals surface area contributed by atoms with Crippen molar-refractivity contribution in [3.63, 3.8) is 0 Å². The summed E-state index contributed by atoms with van der Waals surface area (Å²) in [6.45, 7) is 8.17. The average molecular weight is 336 g/mol. The highest BCUT2D eigenvalue weighted by Crippen LogP contribution is 2.28. The van der Waals surface area contributed by atoms with Crippen LogP contribution in [0, 0.1) is 6.92 Å². The van der Waals surface area contributed by atoms with Gasteiger partial charge in [-0.15, -0.1) is 0 Å². The first kappa shape index (κ1) is 17.7. The van der Waals surface area contributed by atoms with E-state index in [1.165, 1.54) is 33.0 Å². The molecule has 0 bridgehead atoms. The van der Waals surface area contributed by atoms with Gasteiger partial charge >= 0.3 is 0 Å². The van der Waals surface area contributed by atoms with Gasteiger partial charge in [0.2, 0.25) is 0 Å². The highest BCUT2D eigenvalue weighted by Gasteiger charge is 2.06. The predicted molar refractivity (Wildman–Crippen MR) is 116 cm³/mol. The lowest BCUT2D eigenvalue weighted by atomic mass is 9.94. The van der Waals surface area contributed by atoms with Crippen molar-refractivity contribution in [2.24, 2.45) is 0 Å². The lowest BCUT2D eigenvalue weighted by molar-refractivity contribution is 1.50. The zero-order valence-electron chi connectivity index (χ0n) is 15.4. The number of hydrogen-bond donors (Lipinski definition) is 0.